The summed E-state index contributed by atoms with van der Waals surface area (Å²) in [6, 6.07) is 5.17. The Kier molecular flexibility index (Phi) is 5.09. The van der Waals surface area contributed by atoms with E-state index in [1.54, 1.807) is 18.4 Å². The number of benzene rings is 1. The Morgan fingerprint density at radius 1 is 1.27 bits per heavy atom. The molecule has 0 unspecified atom stereocenters. The predicted molar refractivity (Wildman–Crippen MR) is 80.8 cm³/mol. The maximum Gasteiger partial charge on any atom is 0.433 e. The molecule has 0 fully saturated rings. The van der Waals surface area contributed by atoms with Crippen LogP contribution in [-0.2, 0) is 12.7 Å². The molecule has 1 aromatic heterocycles. The van der Waals surface area contributed by atoms with E-state index in [2.05, 4.69) is 4.98 Å². The smallest absolute Gasteiger partial charge is 0.283 e. The molecule has 0 N–H and O–H groups in total. The quantitative estimate of drug-likeness (QED) is 0.597. The maximum atomic E-state index is 12.7. The minimum atomic E-state index is -4.67. The van der Waals surface area contributed by atoms with Gasteiger partial charge in [-0.15, -0.1) is 0 Å². The van der Waals surface area contributed by atoms with Gasteiger partial charge in [0, 0.05) is 16.1 Å². The number of aromatic nitrogens is 2. The van der Waals surface area contributed by atoms with E-state index in [1.807, 2.05) is 0 Å². The van der Waals surface area contributed by atoms with Crippen LogP contribution in [0.4, 0.5) is 13.2 Å². The van der Waals surface area contributed by atoms with Crippen molar-refractivity contribution < 1.29 is 13.2 Å². The first-order valence-electron chi connectivity index (χ1n) is 5.89. The molecule has 3 nitrogen and oxygen atoms in total. The van der Waals surface area contributed by atoms with Crippen LogP contribution in [0.1, 0.15) is 11.3 Å². The van der Waals surface area contributed by atoms with Crippen LogP contribution in [0, 0.1) is 0 Å². The first kappa shape index (κ1) is 17.2. The third kappa shape index (κ3) is 3.77. The zero-order valence-corrected chi connectivity index (χ0v) is 13.4. The summed E-state index contributed by atoms with van der Waals surface area (Å²) in [7, 11) is 0. The first-order chi connectivity index (χ1) is 10.2. The third-order valence-corrected chi connectivity index (χ3v) is 4.05. The fourth-order valence-corrected chi connectivity index (χ4v) is 2.78. The summed E-state index contributed by atoms with van der Waals surface area (Å²) in [5, 5.41) is 0.717. The summed E-state index contributed by atoms with van der Waals surface area (Å²) in [5.74, 6) is 0. The van der Waals surface area contributed by atoms with E-state index < -0.39 is 17.4 Å². The molecule has 22 heavy (non-hydrogen) atoms. The van der Waals surface area contributed by atoms with Gasteiger partial charge in [-0.3, -0.25) is 9.36 Å². The molecule has 1 aromatic carbocycles. The Balaban J connectivity index is 2.49. The van der Waals surface area contributed by atoms with Gasteiger partial charge < -0.3 is 0 Å². The molecule has 0 amide bonds. The van der Waals surface area contributed by atoms with E-state index in [0.29, 0.717) is 21.7 Å². The number of alkyl halides is 3. The van der Waals surface area contributed by atoms with Gasteiger partial charge in [0.1, 0.15) is 0 Å². The van der Waals surface area contributed by atoms with Crippen molar-refractivity contribution in [1.29, 1.82) is 0 Å². The van der Waals surface area contributed by atoms with Crippen LogP contribution < -0.4 is 5.56 Å². The van der Waals surface area contributed by atoms with Gasteiger partial charge in [0.2, 0.25) is 0 Å². The molecule has 0 saturated heterocycles. The standard InChI is InChI=1S/C13H9Cl2F3N2OS/c1-22-12-19-10(13(16,17)18)5-11(21)20(12)6-7-2-3-8(14)4-9(7)15/h2-5H,6H2,1H3. The zero-order chi connectivity index (χ0) is 16.5. The van der Waals surface area contributed by atoms with Crippen LogP contribution in [0.15, 0.2) is 34.2 Å². The summed E-state index contributed by atoms with van der Waals surface area (Å²) in [6.07, 6.45) is -3.12. The highest BCUT2D eigenvalue weighted by Gasteiger charge is 2.34. The van der Waals surface area contributed by atoms with Crippen molar-refractivity contribution >= 4 is 35.0 Å². The van der Waals surface area contributed by atoms with E-state index in [1.165, 1.54) is 6.07 Å². The Hall–Kier alpha value is -1.18. The molecule has 0 aliphatic rings. The van der Waals surface area contributed by atoms with Crippen LogP contribution in [0.3, 0.4) is 0 Å². The van der Waals surface area contributed by atoms with Gasteiger partial charge in [-0.1, -0.05) is 41.0 Å². The number of nitrogens with zero attached hydrogens (tertiary/aromatic N) is 2. The van der Waals surface area contributed by atoms with Crippen LogP contribution in [-0.4, -0.2) is 15.8 Å². The predicted octanol–water partition coefficient (Wildman–Crippen LogP) is 4.34. The summed E-state index contributed by atoms with van der Waals surface area (Å²) >= 11 is 12.8. The highest BCUT2D eigenvalue weighted by atomic mass is 35.5. The van der Waals surface area contributed by atoms with Crippen molar-refractivity contribution in [3.8, 4) is 0 Å². The monoisotopic (exact) mass is 368 g/mol. The maximum absolute atomic E-state index is 12.7. The molecule has 2 rings (SSSR count). The average Bonchev–Trinajstić information content (AvgIpc) is 2.42. The van der Waals surface area contributed by atoms with Gasteiger partial charge in [0.25, 0.3) is 5.56 Å². The van der Waals surface area contributed by atoms with Gasteiger partial charge in [-0.05, 0) is 24.0 Å². The summed E-state index contributed by atoms with van der Waals surface area (Å²) in [6.45, 7) is 0.0101. The zero-order valence-electron chi connectivity index (χ0n) is 11.1. The van der Waals surface area contributed by atoms with Crippen molar-refractivity contribution in [3.05, 3.63) is 55.9 Å². The second-order valence-electron chi connectivity index (χ2n) is 4.29. The number of hydrogen-bond donors (Lipinski definition) is 0. The van der Waals surface area contributed by atoms with Crippen molar-refractivity contribution in [2.24, 2.45) is 0 Å². The minimum Gasteiger partial charge on any atom is -0.283 e. The van der Waals surface area contributed by atoms with E-state index in [4.69, 9.17) is 23.2 Å². The lowest BCUT2D eigenvalue weighted by Crippen LogP contribution is -2.26. The van der Waals surface area contributed by atoms with Crippen molar-refractivity contribution in [2.75, 3.05) is 6.26 Å². The van der Waals surface area contributed by atoms with Crippen molar-refractivity contribution in [2.45, 2.75) is 17.9 Å². The highest BCUT2D eigenvalue weighted by molar-refractivity contribution is 7.98. The lowest BCUT2D eigenvalue weighted by Gasteiger charge is -2.14. The summed E-state index contributed by atoms with van der Waals surface area (Å²) in [5.41, 5.74) is -1.44. The number of thioether (sulfide) groups is 1. The molecule has 0 atom stereocenters. The van der Waals surface area contributed by atoms with Crippen molar-refractivity contribution in [3.63, 3.8) is 0 Å². The highest BCUT2D eigenvalue weighted by Crippen LogP contribution is 2.28. The second-order valence-corrected chi connectivity index (χ2v) is 5.90. The van der Waals surface area contributed by atoms with Gasteiger partial charge in [0.05, 0.1) is 6.54 Å². The van der Waals surface area contributed by atoms with Gasteiger partial charge in [-0.25, -0.2) is 4.98 Å². The molecule has 118 valence electrons. The fraction of sp³-hybridized carbons (Fsp3) is 0.231. The average molecular weight is 369 g/mol. The van der Waals surface area contributed by atoms with Crippen LogP contribution in [0.5, 0.6) is 0 Å². The molecule has 0 aliphatic carbocycles. The van der Waals surface area contributed by atoms with E-state index in [-0.39, 0.29) is 11.7 Å². The normalized spacial score (nSPS) is 11.7. The van der Waals surface area contributed by atoms with Gasteiger partial charge >= 0.3 is 6.18 Å². The van der Waals surface area contributed by atoms with E-state index >= 15 is 0 Å². The lowest BCUT2D eigenvalue weighted by molar-refractivity contribution is -0.141. The van der Waals surface area contributed by atoms with Crippen LogP contribution in [0.25, 0.3) is 0 Å². The van der Waals surface area contributed by atoms with E-state index in [9.17, 15) is 18.0 Å². The number of halogens is 5. The SMILES string of the molecule is CSc1nc(C(F)(F)F)cc(=O)n1Cc1ccc(Cl)cc1Cl. The molecule has 1 heterocycles. The Labute approximate surface area is 138 Å². The van der Waals surface area contributed by atoms with E-state index in [0.717, 1.165) is 16.3 Å². The lowest BCUT2D eigenvalue weighted by atomic mass is 10.2. The molecule has 9 heteroatoms. The molecular formula is C13H9Cl2F3N2OS. The largest absolute Gasteiger partial charge is 0.433 e. The molecular weight excluding hydrogens is 360 g/mol. The molecule has 0 bridgehead atoms. The summed E-state index contributed by atoms with van der Waals surface area (Å²) < 4.78 is 39.2. The second kappa shape index (κ2) is 6.52. The Bertz CT molecular complexity index is 762. The molecule has 0 saturated carbocycles. The third-order valence-electron chi connectivity index (χ3n) is 2.79. The minimum absolute atomic E-state index is 0.0101. The molecule has 0 aliphatic heterocycles. The Morgan fingerprint density at radius 3 is 2.50 bits per heavy atom. The Morgan fingerprint density at radius 2 is 1.95 bits per heavy atom. The summed E-state index contributed by atoms with van der Waals surface area (Å²) in [4.78, 5) is 15.5. The van der Waals surface area contributed by atoms with Gasteiger partial charge in [0.15, 0.2) is 10.9 Å². The number of rotatable bonds is 3. The molecule has 0 radical (unpaired) electrons. The molecule has 2 aromatic rings. The first-order valence-corrected chi connectivity index (χ1v) is 7.87. The number of hydrogen-bond acceptors (Lipinski definition) is 3. The fourth-order valence-electron chi connectivity index (χ4n) is 1.75. The van der Waals surface area contributed by atoms with Crippen LogP contribution >= 0.6 is 35.0 Å². The van der Waals surface area contributed by atoms with Crippen molar-refractivity contribution in [1.82, 2.24) is 9.55 Å². The van der Waals surface area contributed by atoms with Gasteiger partial charge in [-0.2, -0.15) is 13.2 Å². The van der Waals surface area contributed by atoms with Crippen LogP contribution in [0.2, 0.25) is 10.0 Å². The molecule has 0 spiro atoms. The topological polar surface area (TPSA) is 34.9 Å².